The Morgan fingerprint density at radius 3 is 2.62 bits per heavy atom. The van der Waals surface area contributed by atoms with Gasteiger partial charge in [-0.25, -0.2) is 4.79 Å². The molecule has 0 fully saturated rings. The molecule has 1 amide bonds. The summed E-state index contributed by atoms with van der Waals surface area (Å²) in [6.45, 7) is 0.00580. The maximum Gasteiger partial charge on any atom is 0.347 e. The molecular formula is C18H13N3O3. The third kappa shape index (κ3) is 2.44. The topological polar surface area (TPSA) is 77.1 Å². The first-order valence-electron chi connectivity index (χ1n) is 7.44. The summed E-state index contributed by atoms with van der Waals surface area (Å²) in [6.07, 6.45) is 1.43. The van der Waals surface area contributed by atoms with Crippen LogP contribution in [0.3, 0.4) is 0 Å². The molecule has 0 saturated heterocycles. The van der Waals surface area contributed by atoms with Gasteiger partial charge in [0.1, 0.15) is 17.5 Å². The number of aromatic nitrogens is 2. The van der Waals surface area contributed by atoms with E-state index in [0.29, 0.717) is 22.2 Å². The predicted octanol–water partition coefficient (Wildman–Crippen LogP) is 2.78. The zero-order valence-electron chi connectivity index (χ0n) is 12.6. The van der Waals surface area contributed by atoms with Gasteiger partial charge in [-0.1, -0.05) is 30.3 Å². The highest BCUT2D eigenvalue weighted by Crippen LogP contribution is 2.22. The zero-order chi connectivity index (χ0) is 16.5. The molecule has 4 rings (SSSR count). The Hall–Kier alpha value is -3.41. The molecule has 2 aromatic carbocycles. The van der Waals surface area contributed by atoms with Crippen LogP contribution >= 0.6 is 0 Å². The number of hydrogen-bond donors (Lipinski definition) is 1. The molecule has 118 valence electrons. The molecule has 4 aromatic rings. The third-order valence-electron chi connectivity index (χ3n) is 3.76. The second-order valence-electron chi connectivity index (χ2n) is 5.36. The van der Waals surface area contributed by atoms with E-state index in [2.05, 4.69) is 10.4 Å². The van der Waals surface area contributed by atoms with Gasteiger partial charge in [-0.2, -0.15) is 5.10 Å². The third-order valence-corrected chi connectivity index (χ3v) is 3.76. The largest absolute Gasteiger partial charge is 0.422 e. The average Bonchev–Trinajstić information content (AvgIpc) is 3.00. The summed E-state index contributed by atoms with van der Waals surface area (Å²) < 4.78 is 6.80. The molecule has 2 aromatic heterocycles. The van der Waals surface area contributed by atoms with Crippen LogP contribution in [0.2, 0.25) is 0 Å². The minimum absolute atomic E-state index is 0.00580. The first-order valence-corrected chi connectivity index (χ1v) is 7.44. The number of nitrogens with one attached hydrogen (secondary N) is 1. The maximum absolute atomic E-state index is 12.3. The zero-order valence-corrected chi connectivity index (χ0v) is 12.6. The van der Waals surface area contributed by atoms with Gasteiger partial charge in [0.25, 0.3) is 0 Å². The summed E-state index contributed by atoms with van der Waals surface area (Å²) in [4.78, 5) is 24.3. The van der Waals surface area contributed by atoms with Crippen LogP contribution < -0.4 is 10.9 Å². The molecule has 0 aliphatic carbocycles. The number of rotatable bonds is 3. The van der Waals surface area contributed by atoms with Crippen LogP contribution in [0, 0.1) is 0 Å². The molecule has 0 bridgehead atoms. The number of carbonyl (C=O) groups is 1. The van der Waals surface area contributed by atoms with Crippen molar-refractivity contribution in [3.8, 4) is 0 Å². The van der Waals surface area contributed by atoms with Gasteiger partial charge in [0.2, 0.25) is 5.91 Å². The van der Waals surface area contributed by atoms with E-state index in [1.807, 2.05) is 42.5 Å². The standard InChI is InChI=1S/C18H13N3O3/c22-16(20-12-6-2-1-3-7-12)11-21-17-13-8-4-5-9-15(13)24-18(23)14(17)10-19-21/h1-10H,11H2,(H,20,22). The molecule has 6 nitrogen and oxygen atoms in total. The van der Waals surface area contributed by atoms with Gasteiger partial charge < -0.3 is 9.73 Å². The number of nitrogens with zero attached hydrogens (tertiary/aromatic N) is 2. The molecule has 1 N–H and O–H groups in total. The SMILES string of the molecule is O=C(Cn1ncc2c(=O)oc3ccccc3c21)Nc1ccccc1. The number of hydrogen-bond acceptors (Lipinski definition) is 4. The Kier molecular flexibility index (Phi) is 3.35. The van der Waals surface area contributed by atoms with E-state index < -0.39 is 5.63 Å². The molecule has 0 aliphatic heterocycles. The second-order valence-corrected chi connectivity index (χ2v) is 5.36. The first kappa shape index (κ1) is 14.2. The van der Waals surface area contributed by atoms with Gasteiger partial charge in [0, 0.05) is 11.1 Å². The number of carbonyl (C=O) groups excluding carboxylic acids is 1. The van der Waals surface area contributed by atoms with Gasteiger partial charge in [-0.3, -0.25) is 9.48 Å². The van der Waals surface area contributed by atoms with Crippen molar-refractivity contribution in [1.82, 2.24) is 9.78 Å². The molecule has 24 heavy (non-hydrogen) atoms. The van der Waals surface area contributed by atoms with Crippen LogP contribution in [-0.4, -0.2) is 15.7 Å². The highest BCUT2D eigenvalue weighted by molar-refractivity contribution is 6.02. The van der Waals surface area contributed by atoms with E-state index in [9.17, 15) is 9.59 Å². The van der Waals surface area contributed by atoms with Crippen LogP contribution in [-0.2, 0) is 11.3 Å². The minimum atomic E-state index is -0.460. The summed E-state index contributed by atoms with van der Waals surface area (Å²) in [6, 6.07) is 16.4. The number of amides is 1. The van der Waals surface area contributed by atoms with Crippen molar-refractivity contribution in [1.29, 1.82) is 0 Å². The normalized spacial score (nSPS) is 11.0. The molecular weight excluding hydrogens is 306 g/mol. The van der Waals surface area contributed by atoms with Crippen LogP contribution in [0.4, 0.5) is 5.69 Å². The minimum Gasteiger partial charge on any atom is -0.422 e. The molecule has 2 heterocycles. The van der Waals surface area contributed by atoms with E-state index >= 15 is 0 Å². The molecule has 0 unspecified atom stereocenters. The van der Waals surface area contributed by atoms with Crippen LogP contribution in [0.25, 0.3) is 21.9 Å². The fraction of sp³-hybridized carbons (Fsp3) is 0.0556. The van der Waals surface area contributed by atoms with Gasteiger partial charge >= 0.3 is 5.63 Å². The van der Waals surface area contributed by atoms with Crippen molar-refractivity contribution in [2.75, 3.05) is 5.32 Å². The molecule has 0 spiro atoms. The summed E-state index contributed by atoms with van der Waals surface area (Å²) in [5.74, 6) is -0.219. The fourth-order valence-electron chi connectivity index (χ4n) is 2.70. The molecule has 6 heteroatoms. The van der Waals surface area contributed by atoms with E-state index in [1.165, 1.54) is 10.9 Å². The van der Waals surface area contributed by atoms with Crippen molar-refractivity contribution < 1.29 is 9.21 Å². The van der Waals surface area contributed by atoms with Crippen molar-refractivity contribution >= 4 is 33.5 Å². The van der Waals surface area contributed by atoms with Crippen LogP contribution in [0.1, 0.15) is 0 Å². The second kappa shape index (κ2) is 5.66. The van der Waals surface area contributed by atoms with E-state index in [4.69, 9.17) is 4.42 Å². The quantitative estimate of drug-likeness (QED) is 0.589. The lowest BCUT2D eigenvalue weighted by Crippen LogP contribution is -2.19. The fourth-order valence-corrected chi connectivity index (χ4v) is 2.70. The number of fused-ring (bicyclic) bond motifs is 3. The van der Waals surface area contributed by atoms with E-state index in [-0.39, 0.29) is 12.5 Å². The molecule has 0 atom stereocenters. The lowest BCUT2D eigenvalue weighted by atomic mass is 10.2. The summed E-state index contributed by atoms with van der Waals surface area (Å²) in [5.41, 5.74) is 1.33. The lowest BCUT2D eigenvalue weighted by molar-refractivity contribution is -0.116. The number of para-hydroxylation sites is 2. The number of anilines is 1. The van der Waals surface area contributed by atoms with E-state index in [0.717, 1.165) is 5.39 Å². The van der Waals surface area contributed by atoms with Crippen LogP contribution in [0.5, 0.6) is 0 Å². The summed E-state index contributed by atoms with van der Waals surface area (Å²) >= 11 is 0. The van der Waals surface area contributed by atoms with Crippen molar-refractivity contribution in [3.05, 3.63) is 71.2 Å². The smallest absolute Gasteiger partial charge is 0.347 e. The molecule has 0 saturated carbocycles. The Labute approximate surface area is 136 Å². The summed E-state index contributed by atoms with van der Waals surface area (Å²) in [7, 11) is 0. The van der Waals surface area contributed by atoms with Gasteiger partial charge in [-0.15, -0.1) is 0 Å². The Balaban J connectivity index is 1.75. The summed E-state index contributed by atoms with van der Waals surface area (Å²) in [5, 5.41) is 8.10. The predicted molar refractivity (Wildman–Crippen MR) is 90.8 cm³/mol. The Morgan fingerprint density at radius 2 is 1.79 bits per heavy atom. The lowest BCUT2D eigenvalue weighted by Gasteiger charge is -2.07. The average molecular weight is 319 g/mol. The highest BCUT2D eigenvalue weighted by atomic mass is 16.4. The van der Waals surface area contributed by atoms with Gasteiger partial charge in [0.15, 0.2) is 0 Å². The van der Waals surface area contributed by atoms with Crippen molar-refractivity contribution in [2.24, 2.45) is 0 Å². The Bertz CT molecular complexity index is 1100. The first-order chi connectivity index (χ1) is 11.7. The monoisotopic (exact) mass is 319 g/mol. The molecule has 0 radical (unpaired) electrons. The van der Waals surface area contributed by atoms with Crippen molar-refractivity contribution in [2.45, 2.75) is 6.54 Å². The van der Waals surface area contributed by atoms with Crippen molar-refractivity contribution in [3.63, 3.8) is 0 Å². The van der Waals surface area contributed by atoms with Gasteiger partial charge in [-0.05, 0) is 24.3 Å². The van der Waals surface area contributed by atoms with E-state index in [1.54, 1.807) is 12.1 Å². The Morgan fingerprint density at radius 1 is 1.04 bits per heavy atom. The number of benzene rings is 2. The molecule has 0 aliphatic rings. The van der Waals surface area contributed by atoms with Crippen LogP contribution in [0.15, 0.2) is 70.0 Å². The maximum atomic E-state index is 12.3. The highest BCUT2D eigenvalue weighted by Gasteiger charge is 2.14. The van der Waals surface area contributed by atoms with Gasteiger partial charge in [0.05, 0.1) is 11.7 Å².